The van der Waals surface area contributed by atoms with Crippen LogP contribution in [0.4, 0.5) is 0 Å². The van der Waals surface area contributed by atoms with Crippen molar-refractivity contribution in [1.82, 2.24) is 30.2 Å². The third-order valence-electron chi connectivity index (χ3n) is 3.78. The summed E-state index contributed by atoms with van der Waals surface area (Å²) in [6.45, 7) is 3.40. The second-order valence-corrected chi connectivity index (χ2v) is 5.88. The van der Waals surface area contributed by atoms with Crippen molar-refractivity contribution in [2.45, 2.75) is 26.9 Å². The van der Waals surface area contributed by atoms with Crippen molar-refractivity contribution in [1.29, 1.82) is 0 Å². The van der Waals surface area contributed by atoms with Gasteiger partial charge in [0, 0.05) is 5.69 Å². The van der Waals surface area contributed by atoms with Crippen LogP contribution in [0.3, 0.4) is 0 Å². The standard InChI is InChI=1S/C17H18N6O3/c1-11-7-12(2)23(21-11)9-16(25)20-19-15(24)8-22-10-18-14-6-4-3-5-13(14)17(22)26/h3-7,10H,8-9H2,1-2H3,(H,19,24)(H,20,25). The summed E-state index contributed by atoms with van der Waals surface area (Å²) >= 11 is 0. The van der Waals surface area contributed by atoms with E-state index in [-0.39, 0.29) is 18.6 Å². The largest absolute Gasteiger partial charge is 0.289 e. The first-order valence-corrected chi connectivity index (χ1v) is 7.97. The molecule has 3 rings (SSSR count). The van der Waals surface area contributed by atoms with Crippen LogP contribution in [0.2, 0.25) is 0 Å². The van der Waals surface area contributed by atoms with Crippen molar-refractivity contribution >= 4 is 22.7 Å². The van der Waals surface area contributed by atoms with Crippen LogP contribution in [-0.4, -0.2) is 31.1 Å². The Morgan fingerprint density at radius 2 is 1.77 bits per heavy atom. The molecule has 3 aromatic rings. The normalized spacial score (nSPS) is 10.7. The summed E-state index contributed by atoms with van der Waals surface area (Å²) in [5.41, 5.74) is 6.49. The molecule has 1 aromatic carbocycles. The minimum Gasteiger partial charge on any atom is -0.289 e. The number of carbonyl (C=O) groups excluding carboxylic acids is 2. The summed E-state index contributed by atoms with van der Waals surface area (Å²) in [4.78, 5) is 40.4. The lowest BCUT2D eigenvalue weighted by atomic mass is 10.2. The number of fused-ring (bicyclic) bond motifs is 1. The molecule has 0 radical (unpaired) electrons. The first-order valence-electron chi connectivity index (χ1n) is 7.97. The number of hydrogen-bond acceptors (Lipinski definition) is 5. The molecule has 26 heavy (non-hydrogen) atoms. The molecule has 0 bridgehead atoms. The van der Waals surface area contributed by atoms with Crippen molar-refractivity contribution in [3.8, 4) is 0 Å². The van der Waals surface area contributed by atoms with E-state index in [1.54, 1.807) is 24.3 Å². The zero-order chi connectivity index (χ0) is 18.7. The van der Waals surface area contributed by atoms with E-state index in [1.807, 2.05) is 19.9 Å². The molecule has 2 amide bonds. The van der Waals surface area contributed by atoms with Crippen LogP contribution in [0.5, 0.6) is 0 Å². The Balaban J connectivity index is 1.59. The zero-order valence-electron chi connectivity index (χ0n) is 14.4. The van der Waals surface area contributed by atoms with Gasteiger partial charge in [0.2, 0.25) is 0 Å². The predicted molar refractivity (Wildman–Crippen MR) is 94.0 cm³/mol. The number of para-hydroxylation sites is 1. The number of aromatic nitrogens is 4. The molecule has 2 aromatic heterocycles. The Morgan fingerprint density at radius 1 is 1.08 bits per heavy atom. The Morgan fingerprint density at radius 3 is 2.46 bits per heavy atom. The highest BCUT2D eigenvalue weighted by Gasteiger charge is 2.10. The number of benzene rings is 1. The summed E-state index contributed by atoms with van der Waals surface area (Å²) < 4.78 is 2.72. The molecule has 0 fully saturated rings. The summed E-state index contributed by atoms with van der Waals surface area (Å²) in [6.07, 6.45) is 1.31. The number of amides is 2. The molecule has 9 heteroatoms. The molecule has 0 unspecified atom stereocenters. The molecular formula is C17H18N6O3. The van der Waals surface area contributed by atoms with Crippen molar-refractivity contribution < 1.29 is 9.59 Å². The van der Waals surface area contributed by atoms with Gasteiger partial charge in [-0.25, -0.2) is 4.98 Å². The van der Waals surface area contributed by atoms with Crippen molar-refractivity contribution in [3.05, 3.63) is 58.4 Å². The molecule has 134 valence electrons. The van der Waals surface area contributed by atoms with Crippen LogP contribution in [0.1, 0.15) is 11.4 Å². The molecule has 2 N–H and O–H groups in total. The maximum atomic E-state index is 12.3. The quantitative estimate of drug-likeness (QED) is 0.644. The molecule has 9 nitrogen and oxygen atoms in total. The van der Waals surface area contributed by atoms with Crippen molar-refractivity contribution in [2.75, 3.05) is 0 Å². The highest BCUT2D eigenvalue weighted by atomic mass is 16.2. The van der Waals surface area contributed by atoms with Gasteiger partial charge in [0.1, 0.15) is 13.1 Å². The fourth-order valence-corrected chi connectivity index (χ4v) is 2.56. The summed E-state index contributed by atoms with van der Waals surface area (Å²) in [5, 5.41) is 4.60. The monoisotopic (exact) mass is 354 g/mol. The number of hydrazine groups is 1. The second kappa shape index (κ2) is 7.18. The number of nitrogens with one attached hydrogen (secondary N) is 2. The van der Waals surface area contributed by atoms with Gasteiger partial charge in [-0.05, 0) is 32.0 Å². The van der Waals surface area contributed by atoms with E-state index in [0.29, 0.717) is 10.9 Å². The van der Waals surface area contributed by atoms with Crippen molar-refractivity contribution in [3.63, 3.8) is 0 Å². The average molecular weight is 354 g/mol. The summed E-state index contributed by atoms with van der Waals surface area (Å²) in [5.74, 6) is -0.959. The number of rotatable bonds is 4. The van der Waals surface area contributed by atoms with Gasteiger partial charge < -0.3 is 0 Å². The van der Waals surface area contributed by atoms with Gasteiger partial charge in [0.25, 0.3) is 17.4 Å². The minimum absolute atomic E-state index is 0.0164. The molecule has 0 aliphatic heterocycles. The minimum atomic E-state index is -0.536. The number of nitrogens with zero attached hydrogens (tertiary/aromatic N) is 4. The highest BCUT2D eigenvalue weighted by Crippen LogP contribution is 2.04. The van der Waals surface area contributed by atoms with Gasteiger partial charge in [-0.15, -0.1) is 0 Å². The third kappa shape index (κ3) is 3.77. The smallest absolute Gasteiger partial charge is 0.261 e. The van der Waals surface area contributed by atoms with Crippen LogP contribution in [0.25, 0.3) is 10.9 Å². The molecule has 2 heterocycles. The fourth-order valence-electron chi connectivity index (χ4n) is 2.56. The average Bonchev–Trinajstić information content (AvgIpc) is 2.93. The van der Waals surface area contributed by atoms with Gasteiger partial charge in [0.05, 0.1) is 22.9 Å². The number of hydrogen-bond donors (Lipinski definition) is 2. The lowest BCUT2D eigenvalue weighted by Gasteiger charge is -2.10. The van der Waals surface area contributed by atoms with E-state index >= 15 is 0 Å². The van der Waals surface area contributed by atoms with E-state index in [2.05, 4.69) is 20.9 Å². The fraction of sp³-hybridized carbons (Fsp3) is 0.235. The predicted octanol–water partition coefficient (Wildman–Crippen LogP) is 0.0574. The van der Waals surface area contributed by atoms with Crippen LogP contribution in [-0.2, 0) is 22.7 Å². The third-order valence-corrected chi connectivity index (χ3v) is 3.78. The first kappa shape index (κ1) is 17.3. The van der Waals surface area contributed by atoms with Gasteiger partial charge in [-0.3, -0.25) is 34.5 Å². The molecule has 0 atom stereocenters. The second-order valence-electron chi connectivity index (χ2n) is 5.88. The summed E-state index contributed by atoms with van der Waals surface area (Å²) in [6, 6.07) is 8.74. The van der Waals surface area contributed by atoms with E-state index in [9.17, 15) is 14.4 Å². The summed E-state index contributed by atoms with van der Waals surface area (Å²) in [7, 11) is 0. The zero-order valence-corrected chi connectivity index (χ0v) is 14.4. The molecule has 0 aliphatic carbocycles. The van der Waals surface area contributed by atoms with Gasteiger partial charge in [-0.1, -0.05) is 12.1 Å². The van der Waals surface area contributed by atoms with Crippen LogP contribution in [0.15, 0.2) is 41.5 Å². The van der Waals surface area contributed by atoms with Crippen LogP contribution >= 0.6 is 0 Å². The first-order chi connectivity index (χ1) is 12.4. The molecule has 0 aliphatic rings. The maximum Gasteiger partial charge on any atom is 0.261 e. The van der Waals surface area contributed by atoms with Crippen LogP contribution in [0, 0.1) is 13.8 Å². The Hall–Kier alpha value is -3.49. The SMILES string of the molecule is Cc1cc(C)n(CC(=O)NNC(=O)Cn2cnc3ccccc3c2=O)n1. The number of carbonyl (C=O) groups is 2. The van der Waals surface area contributed by atoms with Crippen LogP contribution < -0.4 is 16.4 Å². The molecular weight excluding hydrogens is 336 g/mol. The van der Waals surface area contributed by atoms with Gasteiger partial charge in [0.15, 0.2) is 0 Å². The topological polar surface area (TPSA) is 111 Å². The van der Waals surface area contributed by atoms with E-state index < -0.39 is 11.8 Å². The van der Waals surface area contributed by atoms with E-state index in [4.69, 9.17) is 0 Å². The van der Waals surface area contributed by atoms with E-state index in [0.717, 1.165) is 11.4 Å². The van der Waals surface area contributed by atoms with Gasteiger partial charge >= 0.3 is 0 Å². The maximum absolute atomic E-state index is 12.3. The number of aryl methyl sites for hydroxylation is 2. The van der Waals surface area contributed by atoms with Gasteiger partial charge in [-0.2, -0.15) is 5.10 Å². The van der Waals surface area contributed by atoms with E-state index in [1.165, 1.54) is 15.6 Å². The lowest BCUT2D eigenvalue weighted by molar-refractivity contribution is -0.129. The Labute approximate surface area is 148 Å². The molecule has 0 saturated heterocycles. The Bertz CT molecular complexity index is 1040. The lowest BCUT2D eigenvalue weighted by Crippen LogP contribution is -2.45. The van der Waals surface area contributed by atoms with Crippen molar-refractivity contribution in [2.24, 2.45) is 0 Å². The molecule has 0 spiro atoms. The highest BCUT2D eigenvalue weighted by molar-refractivity contribution is 5.82. The molecule has 0 saturated carbocycles. The Kier molecular flexibility index (Phi) is 4.78.